The smallest absolute Gasteiger partial charge is 0.0645 e. The molecule has 2 saturated heterocycles. The van der Waals surface area contributed by atoms with Crippen molar-refractivity contribution in [2.24, 2.45) is 0 Å². The van der Waals surface area contributed by atoms with Gasteiger partial charge in [0, 0.05) is 31.4 Å². The Kier molecular flexibility index (Phi) is 3.25. The summed E-state index contributed by atoms with van der Waals surface area (Å²) in [5.74, 6) is 0. The van der Waals surface area contributed by atoms with Crippen molar-refractivity contribution >= 4 is 11.8 Å². The number of likely N-dealkylation sites (tertiary alicyclic amines) is 1. The van der Waals surface area contributed by atoms with Gasteiger partial charge < -0.3 is 9.64 Å². The van der Waals surface area contributed by atoms with E-state index in [1.807, 2.05) is 0 Å². The number of nitrogens with zero attached hydrogens (tertiary/aromatic N) is 2. The van der Waals surface area contributed by atoms with Crippen LogP contribution in [0.25, 0.3) is 6.08 Å². The van der Waals surface area contributed by atoms with Crippen LogP contribution in [0.15, 0.2) is 30.3 Å². The minimum atomic E-state index is 0.693. The van der Waals surface area contributed by atoms with E-state index < -0.39 is 0 Å². The third-order valence-corrected chi connectivity index (χ3v) is 4.92. The van der Waals surface area contributed by atoms with E-state index in [4.69, 9.17) is 4.74 Å². The zero-order valence-corrected chi connectivity index (χ0v) is 11.9. The van der Waals surface area contributed by atoms with Crippen molar-refractivity contribution in [3.05, 3.63) is 35.9 Å². The van der Waals surface area contributed by atoms with Gasteiger partial charge in [-0.05, 0) is 24.5 Å². The van der Waals surface area contributed by atoms with Crippen molar-refractivity contribution in [3.63, 3.8) is 0 Å². The van der Waals surface area contributed by atoms with E-state index in [-0.39, 0.29) is 0 Å². The monoisotopic (exact) mass is 270 g/mol. The fourth-order valence-electron chi connectivity index (χ4n) is 3.62. The highest BCUT2D eigenvalue weighted by Gasteiger charge is 2.32. The molecule has 1 aromatic rings. The van der Waals surface area contributed by atoms with Gasteiger partial charge in [-0.2, -0.15) is 0 Å². The van der Waals surface area contributed by atoms with Crippen molar-refractivity contribution < 1.29 is 4.74 Å². The fourth-order valence-corrected chi connectivity index (χ4v) is 3.62. The number of fused-ring (bicyclic) bond motifs is 1. The second-order valence-electron chi connectivity index (χ2n) is 6.07. The zero-order chi connectivity index (χ0) is 13.4. The summed E-state index contributed by atoms with van der Waals surface area (Å²) in [6, 6.07) is 10.2. The molecular formula is C17H22N2O. The molecule has 0 spiro atoms. The maximum atomic E-state index is 5.32. The maximum Gasteiger partial charge on any atom is 0.0645 e. The number of hydrogen-bond acceptors (Lipinski definition) is 3. The van der Waals surface area contributed by atoms with Gasteiger partial charge in [-0.3, -0.25) is 4.90 Å². The Morgan fingerprint density at radius 2 is 1.80 bits per heavy atom. The van der Waals surface area contributed by atoms with E-state index in [0.717, 1.165) is 19.8 Å². The maximum absolute atomic E-state index is 5.32. The van der Waals surface area contributed by atoms with Gasteiger partial charge in [0.25, 0.3) is 0 Å². The Labute approximate surface area is 120 Å². The zero-order valence-electron chi connectivity index (χ0n) is 11.9. The molecule has 3 aliphatic heterocycles. The Morgan fingerprint density at radius 3 is 2.55 bits per heavy atom. The van der Waals surface area contributed by atoms with Gasteiger partial charge in [0.15, 0.2) is 0 Å². The number of benzene rings is 1. The summed E-state index contributed by atoms with van der Waals surface area (Å²) in [5, 5.41) is 0. The van der Waals surface area contributed by atoms with Crippen molar-refractivity contribution in [2.75, 3.05) is 37.7 Å². The predicted molar refractivity (Wildman–Crippen MR) is 82.0 cm³/mol. The molecule has 0 amide bonds. The van der Waals surface area contributed by atoms with Crippen molar-refractivity contribution in [3.8, 4) is 0 Å². The number of anilines is 1. The Hall–Kier alpha value is -1.32. The largest absolute Gasteiger partial charge is 0.378 e. The summed E-state index contributed by atoms with van der Waals surface area (Å²) in [7, 11) is 0. The van der Waals surface area contributed by atoms with E-state index in [0.29, 0.717) is 12.1 Å². The third kappa shape index (κ3) is 2.15. The van der Waals surface area contributed by atoms with Crippen LogP contribution in [0.2, 0.25) is 0 Å². The van der Waals surface area contributed by atoms with Gasteiger partial charge in [-0.1, -0.05) is 30.4 Å². The molecular weight excluding hydrogens is 248 g/mol. The lowest BCUT2D eigenvalue weighted by molar-refractivity contribution is -0.0711. The first-order valence-corrected chi connectivity index (χ1v) is 7.76. The molecule has 1 aromatic carbocycles. The first-order valence-electron chi connectivity index (χ1n) is 7.76. The number of ether oxygens (including phenoxy) is 1. The number of rotatable bonds is 2. The molecule has 4 rings (SSSR count). The van der Waals surface area contributed by atoms with Crippen LogP contribution >= 0.6 is 0 Å². The minimum Gasteiger partial charge on any atom is -0.378 e. The number of hydrogen-bond donors (Lipinski definition) is 0. The van der Waals surface area contributed by atoms with E-state index in [2.05, 4.69) is 46.2 Å². The molecule has 3 heteroatoms. The summed E-state index contributed by atoms with van der Waals surface area (Å²) in [6.07, 6.45) is 7.11. The van der Waals surface area contributed by atoms with Crippen LogP contribution in [-0.4, -0.2) is 49.8 Å². The molecule has 0 N–H and O–H groups in total. The van der Waals surface area contributed by atoms with Gasteiger partial charge >= 0.3 is 0 Å². The highest BCUT2D eigenvalue weighted by atomic mass is 16.5. The molecule has 3 aliphatic rings. The van der Waals surface area contributed by atoms with Crippen LogP contribution in [0, 0.1) is 0 Å². The van der Waals surface area contributed by atoms with Gasteiger partial charge in [-0.25, -0.2) is 0 Å². The van der Waals surface area contributed by atoms with Crippen molar-refractivity contribution in [1.82, 2.24) is 4.90 Å². The lowest BCUT2D eigenvalue weighted by Crippen LogP contribution is -2.54. The number of para-hydroxylation sites is 1. The van der Waals surface area contributed by atoms with Crippen LogP contribution in [0.1, 0.15) is 18.4 Å². The molecule has 0 unspecified atom stereocenters. The Balaban J connectivity index is 1.45. The quantitative estimate of drug-likeness (QED) is 0.820. The minimum absolute atomic E-state index is 0.693. The molecule has 0 atom stereocenters. The van der Waals surface area contributed by atoms with E-state index >= 15 is 0 Å². The molecule has 20 heavy (non-hydrogen) atoms. The molecule has 3 nitrogen and oxygen atoms in total. The third-order valence-electron chi connectivity index (χ3n) is 4.92. The predicted octanol–water partition coefficient (Wildman–Crippen LogP) is 2.38. The van der Waals surface area contributed by atoms with E-state index in [1.165, 1.54) is 37.2 Å². The van der Waals surface area contributed by atoms with Crippen LogP contribution in [0.3, 0.4) is 0 Å². The standard InChI is InChI=1S/C17H22N2O/c1-2-6-17-14(4-1)5-3-9-19(17)15-7-10-18(11-8-15)16-12-20-13-16/h1-6,15-16H,7-13H2. The molecule has 0 aliphatic carbocycles. The second kappa shape index (κ2) is 5.23. The summed E-state index contributed by atoms with van der Waals surface area (Å²) in [4.78, 5) is 5.22. The van der Waals surface area contributed by atoms with Gasteiger partial charge in [0.1, 0.15) is 0 Å². The van der Waals surface area contributed by atoms with Crippen molar-refractivity contribution in [1.29, 1.82) is 0 Å². The highest BCUT2D eigenvalue weighted by molar-refractivity contribution is 5.71. The normalized spacial score (nSPS) is 24.5. The SMILES string of the molecule is C1=Cc2ccccc2N(C2CCN(C3COC3)CC2)C1. The molecule has 0 aromatic heterocycles. The molecule has 0 bridgehead atoms. The average Bonchev–Trinajstić information content (AvgIpc) is 2.46. The van der Waals surface area contributed by atoms with Gasteiger partial charge in [0.2, 0.25) is 0 Å². The fraction of sp³-hybridized carbons (Fsp3) is 0.529. The van der Waals surface area contributed by atoms with Crippen LogP contribution < -0.4 is 4.90 Å². The molecule has 2 fully saturated rings. The van der Waals surface area contributed by atoms with Crippen LogP contribution in [0.5, 0.6) is 0 Å². The Bertz CT molecular complexity index is 501. The van der Waals surface area contributed by atoms with Gasteiger partial charge in [-0.15, -0.1) is 0 Å². The second-order valence-corrected chi connectivity index (χ2v) is 6.07. The average molecular weight is 270 g/mol. The highest BCUT2D eigenvalue weighted by Crippen LogP contribution is 2.31. The van der Waals surface area contributed by atoms with Crippen LogP contribution in [0.4, 0.5) is 5.69 Å². The summed E-state index contributed by atoms with van der Waals surface area (Å²) < 4.78 is 5.32. The molecule has 3 heterocycles. The molecule has 0 saturated carbocycles. The van der Waals surface area contributed by atoms with E-state index in [1.54, 1.807) is 0 Å². The van der Waals surface area contributed by atoms with Gasteiger partial charge in [0.05, 0.1) is 19.3 Å². The van der Waals surface area contributed by atoms with Crippen molar-refractivity contribution in [2.45, 2.75) is 24.9 Å². The number of piperidine rings is 1. The molecule has 106 valence electrons. The first-order chi connectivity index (χ1) is 9.92. The lowest BCUT2D eigenvalue weighted by Gasteiger charge is -2.45. The topological polar surface area (TPSA) is 15.7 Å². The lowest BCUT2D eigenvalue weighted by atomic mass is 9.97. The summed E-state index contributed by atoms with van der Waals surface area (Å²) in [5.41, 5.74) is 2.79. The molecule has 0 radical (unpaired) electrons. The summed E-state index contributed by atoms with van der Waals surface area (Å²) >= 11 is 0. The summed E-state index contributed by atoms with van der Waals surface area (Å²) in [6.45, 7) is 5.40. The first kappa shape index (κ1) is 12.4. The van der Waals surface area contributed by atoms with E-state index in [9.17, 15) is 0 Å². The Morgan fingerprint density at radius 1 is 1.00 bits per heavy atom. The van der Waals surface area contributed by atoms with Crippen LogP contribution in [-0.2, 0) is 4.74 Å².